The van der Waals surface area contributed by atoms with Crippen LogP contribution in [0.3, 0.4) is 0 Å². The number of rotatable bonds is 4. The number of Topliss-reactive ketones (excluding diaryl/α,β-unsaturated/α-hetero) is 1. The van der Waals surface area contributed by atoms with Crippen LogP contribution < -0.4 is 0 Å². The Morgan fingerprint density at radius 3 is 2.23 bits per heavy atom. The van der Waals surface area contributed by atoms with Crippen molar-refractivity contribution >= 4 is 23.2 Å². The molecule has 1 unspecified atom stereocenters. The zero-order valence-corrected chi connectivity index (χ0v) is 15.7. The zero-order chi connectivity index (χ0) is 21.5. The third kappa shape index (κ3) is 4.74. The molecule has 0 saturated heterocycles. The molecule has 0 saturated carbocycles. The first-order valence-corrected chi connectivity index (χ1v) is 9.02. The smallest absolute Gasteiger partial charge is 0.339 e. The highest BCUT2D eigenvalue weighted by Crippen LogP contribution is 2.32. The SMILES string of the molecule is N#[N+]N=C1C=CC(=CC2=C(C=C3C=CC(=NN=[N-])C=C3)C(=O)CCC2C(=O)O)C=C1. The number of carbonyl (C=O) groups is 2. The second kappa shape index (κ2) is 9.25. The van der Waals surface area contributed by atoms with E-state index in [1.54, 1.807) is 60.8 Å². The fourth-order valence-electron chi connectivity index (χ4n) is 3.24. The Hall–Kier alpha value is -4.32. The molecule has 3 rings (SSSR count). The lowest BCUT2D eigenvalue weighted by molar-refractivity contribution is -0.140. The van der Waals surface area contributed by atoms with E-state index in [1.807, 2.05) is 0 Å². The normalized spacial score (nSPS) is 20.2. The van der Waals surface area contributed by atoms with Gasteiger partial charge in [0.25, 0.3) is 5.39 Å². The van der Waals surface area contributed by atoms with E-state index in [1.165, 1.54) is 0 Å². The average molecular weight is 400 g/mol. The van der Waals surface area contributed by atoms with E-state index >= 15 is 0 Å². The van der Waals surface area contributed by atoms with E-state index in [4.69, 9.17) is 10.9 Å². The van der Waals surface area contributed by atoms with Gasteiger partial charge in [-0.15, -0.1) is 0 Å². The molecular formula is C21H16N6O3. The van der Waals surface area contributed by atoms with E-state index in [9.17, 15) is 14.7 Å². The minimum atomic E-state index is -0.996. The van der Waals surface area contributed by atoms with Gasteiger partial charge >= 0.3 is 11.1 Å². The quantitative estimate of drug-likeness (QED) is 0.431. The lowest BCUT2D eigenvalue weighted by atomic mass is 9.80. The maximum Gasteiger partial charge on any atom is 0.339 e. The standard InChI is InChI=1S/C21H16N6O3/c22-26-24-15-5-1-13(2-6-15)11-18-17(21(29)30)9-10-20(28)19(18)12-14-3-7-16(8-4-14)25-27-23/h1-8,11-12,17H,9-10H2,(H,29,30). The van der Waals surface area contributed by atoms with E-state index < -0.39 is 11.9 Å². The molecule has 0 amide bonds. The van der Waals surface area contributed by atoms with Gasteiger partial charge in [-0.25, -0.2) is 0 Å². The summed E-state index contributed by atoms with van der Waals surface area (Å²) >= 11 is 0. The van der Waals surface area contributed by atoms with Crippen molar-refractivity contribution in [2.45, 2.75) is 12.8 Å². The average Bonchev–Trinajstić information content (AvgIpc) is 2.73. The third-order valence-corrected chi connectivity index (χ3v) is 4.68. The molecule has 0 spiro atoms. The predicted octanol–water partition coefficient (Wildman–Crippen LogP) is 4.04. The number of allylic oxidation sites excluding steroid dienone is 13. The first-order valence-electron chi connectivity index (χ1n) is 9.02. The number of diazo groups is 1. The first-order chi connectivity index (χ1) is 14.5. The van der Waals surface area contributed by atoms with Crippen molar-refractivity contribution in [2.75, 3.05) is 0 Å². The van der Waals surface area contributed by atoms with Gasteiger partial charge in [0.2, 0.25) is 0 Å². The molecule has 0 aromatic heterocycles. The van der Waals surface area contributed by atoms with Crippen LogP contribution in [-0.4, -0.2) is 28.3 Å². The number of carboxylic acids is 1. The predicted molar refractivity (Wildman–Crippen MR) is 111 cm³/mol. The second-order valence-electron chi connectivity index (χ2n) is 6.57. The summed E-state index contributed by atoms with van der Waals surface area (Å²) in [6.07, 6.45) is 16.9. The van der Waals surface area contributed by atoms with Crippen LogP contribution in [0.15, 0.2) is 98.5 Å². The maximum absolute atomic E-state index is 12.7. The lowest BCUT2D eigenvalue weighted by Crippen LogP contribution is -2.24. The molecule has 9 heteroatoms. The Kier molecular flexibility index (Phi) is 6.29. The van der Waals surface area contributed by atoms with Crippen molar-refractivity contribution in [2.24, 2.45) is 21.3 Å². The molecule has 0 bridgehead atoms. The molecule has 0 radical (unpaired) electrons. The molecule has 148 valence electrons. The molecule has 0 aliphatic heterocycles. The van der Waals surface area contributed by atoms with E-state index in [2.05, 4.69) is 20.5 Å². The molecule has 0 aromatic rings. The Morgan fingerprint density at radius 2 is 1.67 bits per heavy atom. The van der Waals surface area contributed by atoms with E-state index in [0.29, 0.717) is 33.7 Å². The van der Waals surface area contributed by atoms with Gasteiger partial charge in [-0.1, -0.05) is 42.5 Å². The molecule has 30 heavy (non-hydrogen) atoms. The number of aliphatic carboxylic acids is 1. The molecular weight excluding hydrogens is 384 g/mol. The van der Waals surface area contributed by atoms with Crippen LogP contribution in [0.25, 0.3) is 10.6 Å². The Balaban J connectivity index is 2.05. The van der Waals surface area contributed by atoms with Crippen molar-refractivity contribution in [1.29, 1.82) is 5.39 Å². The van der Waals surface area contributed by atoms with Crippen LogP contribution >= 0.6 is 0 Å². The molecule has 1 atom stereocenters. The highest BCUT2D eigenvalue weighted by atomic mass is 16.4. The van der Waals surface area contributed by atoms with Crippen molar-refractivity contribution in [3.05, 3.63) is 93.7 Å². The van der Waals surface area contributed by atoms with Gasteiger partial charge in [-0.2, -0.15) is 0 Å². The summed E-state index contributed by atoms with van der Waals surface area (Å²) in [6.45, 7) is 0. The van der Waals surface area contributed by atoms with Crippen molar-refractivity contribution in [3.8, 4) is 0 Å². The van der Waals surface area contributed by atoms with E-state index in [0.717, 1.165) is 0 Å². The maximum atomic E-state index is 12.7. The third-order valence-electron chi connectivity index (χ3n) is 4.68. The van der Waals surface area contributed by atoms with Gasteiger partial charge in [0.1, 0.15) is 0 Å². The Morgan fingerprint density at radius 1 is 1.07 bits per heavy atom. The topological polar surface area (TPSA) is 142 Å². The largest absolute Gasteiger partial charge is 0.481 e. The second-order valence-corrected chi connectivity index (χ2v) is 6.57. The van der Waals surface area contributed by atoms with E-state index in [-0.39, 0.29) is 18.6 Å². The summed E-state index contributed by atoms with van der Waals surface area (Å²) in [5.41, 5.74) is 11.5. The number of ketones is 1. The fourth-order valence-corrected chi connectivity index (χ4v) is 3.24. The molecule has 9 nitrogen and oxygen atoms in total. The molecule has 1 N–H and O–H groups in total. The zero-order valence-electron chi connectivity index (χ0n) is 15.7. The van der Waals surface area contributed by atoms with Gasteiger partial charge in [0.15, 0.2) is 16.6 Å². The summed E-state index contributed by atoms with van der Waals surface area (Å²) in [5, 5.41) is 30.7. The highest BCUT2D eigenvalue weighted by molar-refractivity contribution is 6.07. The van der Waals surface area contributed by atoms with Gasteiger partial charge in [0, 0.05) is 12.0 Å². The molecule has 0 aromatic carbocycles. The number of carboxylic acid groups (broad SMARTS) is 1. The van der Waals surface area contributed by atoms with Crippen molar-refractivity contribution < 1.29 is 14.7 Å². The summed E-state index contributed by atoms with van der Waals surface area (Å²) in [4.78, 5) is 24.5. The van der Waals surface area contributed by atoms with Gasteiger partial charge < -0.3 is 15.7 Å². The summed E-state index contributed by atoms with van der Waals surface area (Å²) in [7, 11) is 0. The van der Waals surface area contributed by atoms with Gasteiger partial charge in [-0.05, 0) is 47.1 Å². The Bertz CT molecular complexity index is 1080. The minimum Gasteiger partial charge on any atom is -0.481 e. The van der Waals surface area contributed by atoms with Crippen molar-refractivity contribution in [1.82, 2.24) is 0 Å². The Labute approximate surface area is 171 Å². The number of carbonyl (C=O) groups excluding carboxylic acids is 1. The minimum absolute atomic E-state index is 0.136. The molecule has 3 aliphatic rings. The molecule has 0 fully saturated rings. The number of hydrogen-bond acceptors (Lipinski definition) is 5. The molecule has 0 heterocycles. The van der Waals surface area contributed by atoms with Gasteiger partial charge in [0.05, 0.1) is 5.92 Å². The van der Waals surface area contributed by atoms with Crippen LogP contribution in [0.4, 0.5) is 0 Å². The van der Waals surface area contributed by atoms with Crippen LogP contribution in [0.5, 0.6) is 0 Å². The van der Waals surface area contributed by atoms with Crippen LogP contribution in [-0.2, 0) is 9.59 Å². The highest BCUT2D eigenvalue weighted by Gasteiger charge is 2.31. The summed E-state index contributed by atoms with van der Waals surface area (Å²) in [6, 6.07) is 0. The van der Waals surface area contributed by atoms with Crippen LogP contribution in [0.2, 0.25) is 0 Å². The van der Waals surface area contributed by atoms with Crippen LogP contribution in [0.1, 0.15) is 12.8 Å². The summed E-state index contributed by atoms with van der Waals surface area (Å²) < 4.78 is 0. The molecule has 3 aliphatic carbocycles. The lowest BCUT2D eigenvalue weighted by Gasteiger charge is -2.23. The number of hydrogen-bond donors (Lipinski definition) is 1. The van der Waals surface area contributed by atoms with Gasteiger partial charge in [-0.3, -0.25) is 14.8 Å². The first kappa shape index (κ1) is 20.4. The fraction of sp³-hybridized carbons (Fsp3) is 0.143. The van der Waals surface area contributed by atoms with Crippen LogP contribution in [0, 0.1) is 11.3 Å². The number of nitrogens with zero attached hydrogens (tertiary/aromatic N) is 6. The summed E-state index contributed by atoms with van der Waals surface area (Å²) in [5.74, 6) is -1.94. The monoisotopic (exact) mass is 400 g/mol. The van der Waals surface area contributed by atoms with Crippen molar-refractivity contribution in [3.63, 3.8) is 0 Å².